The van der Waals surface area contributed by atoms with Crippen molar-refractivity contribution in [2.75, 3.05) is 39.3 Å². The first-order chi connectivity index (χ1) is 15.4. The van der Waals surface area contributed by atoms with Crippen molar-refractivity contribution in [3.05, 3.63) is 18.0 Å². The third-order valence-electron chi connectivity index (χ3n) is 8.97. The third kappa shape index (κ3) is 5.64. The fourth-order valence-corrected chi connectivity index (χ4v) is 6.23. The molecule has 4 rings (SSSR count). The highest BCUT2D eigenvalue weighted by molar-refractivity contribution is 5.83. The quantitative estimate of drug-likeness (QED) is 0.549. The molecule has 5 heteroatoms. The predicted molar refractivity (Wildman–Crippen MR) is 131 cm³/mol. The first kappa shape index (κ1) is 23.9. The van der Waals surface area contributed by atoms with Crippen molar-refractivity contribution in [1.29, 1.82) is 0 Å². The molecule has 3 heterocycles. The normalized spacial score (nSPS) is 24.2. The number of rotatable bonds is 9. The maximum atomic E-state index is 12.2. The summed E-state index contributed by atoms with van der Waals surface area (Å²) in [6.45, 7) is 17.1. The predicted octanol–water partition coefficient (Wildman–Crippen LogP) is 4.83. The number of Topliss-reactive ketones (excluding diaryl/α,β-unsaturated/α-hetero) is 1. The van der Waals surface area contributed by atoms with Crippen LogP contribution in [0.1, 0.15) is 84.1 Å². The smallest absolute Gasteiger partial charge is 0.138 e. The molecule has 0 radical (unpaired) electrons. The van der Waals surface area contributed by atoms with E-state index in [1.807, 2.05) is 0 Å². The van der Waals surface area contributed by atoms with Crippen molar-refractivity contribution in [1.82, 2.24) is 19.6 Å². The maximum Gasteiger partial charge on any atom is 0.138 e. The summed E-state index contributed by atoms with van der Waals surface area (Å²) in [5.74, 6) is 2.47. The van der Waals surface area contributed by atoms with Crippen LogP contribution in [0.3, 0.4) is 0 Å². The molecule has 0 bridgehead atoms. The van der Waals surface area contributed by atoms with Crippen molar-refractivity contribution in [3.63, 3.8) is 0 Å². The first-order valence-electron chi connectivity index (χ1n) is 13.4. The van der Waals surface area contributed by atoms with Crippen molar-refractivity contribution < 1.29 is 4.79 Å². The van der Waals surface area contributed by atoms with Gasteiger partial charge in [0.15, 0.2) is 0 Å². The molecule has 1 unspecified atom stereocenters. The third-order valence-corrected chi connectivity index (χ3v) is 8.97. The second-order valence-electron chi connectivity index (χ2n) is 11.6. The summed E-state index contributed by atoms with van der Waals surface area (Å²) < 4.78 is 2.19. The van der Waals surface area contributed by atoms with Crippen LogP contribution in [0.25, 0.3) is 0 Å². The van der Waals surface area contributed by atoms with Crippen LogP contribution in [0.4, 0.5) is 0 Å². The van der Waals surface area contributed by atoms with Crippen LogP contribution in [-0.4, -0.2) is 64.6 Å². The minimum Gasteiger partial charge on any atom is -0.302 e. The van der Waals surface area contributed by atoms with E-state index in [0.29, 0.717) is 23.0 Å². The van der Waals surface area contributed by atoms with E-state index < -0.39 is 0 Å². The highest BCUT2D eigenvalue weighted by Gasteiger charge is 2.48. The molecule has 1 aromatic rings. The van der Waals surface area contributed by atoms with Crippen molar-refractivity contribution in [2.24, 2.45) is 23.2 Å². The lowest BCUT2D eigenvalue weighted by Gasteiger charge is -2.52. The second kappa shape index (κ2) is 10.4. The Hall–Kier alpha value is -1.20. The summed E-state index contributed by atoms with van der Waals surface area (Å²) in [6, 6.07) is 0. The molecule has 0 amide bonds. The maximum absolute atomic E-state index is 12.2. The van der Waals surface area contributed by atoms with Gasteiger partial charge in [-0.05, 0) is 93.9 Å². The fourth-order valence-electron chi connectivity index (χ4n) is 6.23. The molecular weight excluding hydrogens is 396 g/mol. The van der Waals surface area contributed by atoms with Gasteiger partial charge in [0.1, 0.15) is 5.78 Å². The van der Waals surface area contributed by atoms with Gasteiger partial charge in [-0.25, -0.2) is 0 Å². The van der Waals surface area contributed by atoms with Crippen LogP contribution in [-0.2, 0) is 11.3 Å². The summed E-state index contributed by atoms with van der Waals surface area (Å²) in [7, 11) is 0. The van der Waals surface area contributed by atoms with Crippen molar-refractivity contribution in [2.45, 2.75) is 85.1 Å². The Bertz CT molecular complexity index is 733. The van der Waals surface area contributed by atoms with E-state index in [1.54, 1.807) is 0 Å². The Morgan fingerprint density at radius 3 is 2.28 bits per heavy atom. The number of carbonyl (C=O) groups is 1. The molecule has 3 aliphatic rings. The highest BCUT2D eigenvalue weighted by Crippen LogP contribution is 2.53. The molecule has 1 aliphatic carbocycles. The number of aromatic nitrogens is 2. The average molecular weight is 443 g/mol. The molecule has 1 atom stereocenters. The molecular formula is C27H46N4O. The largest absolute Gasteiger partial charge is 0.302 e. The van der Waals surface area contributed by atoms with Crippen LogP contribution in [0, 0.1) is 23.2 Å². The summed E-state index contributed by atoms with van der Waals surface area (Å²) in [5, 5.41) is 4.62. The lowest BCUT2D eigenvalue weighted by atomic mass is 9.56. The van der Waals surface area contributed by atoms with Gasteiger partial charge < -0.3 is 9.80 Å². The van der Waals surface area contributed by atoms with Gasteiger partial charge in [-0.15, -0.1) is 0 Å². The number of piperidine rings is 2. The number of hydrogen-bond donors (Lipinski definition) is 0. The van der Waals surface area contributed by atoms with Gasteiger partial charge in [0.05, 0.1) is 6.20 Å². The van der Waals surface area contributed by atoms with E-state index in [0.717, 1.165) is 12.5 Å². The molecule has 0 N–H and O–H groups in total. The van der Waals surface area contributed by atoms with E-state index >= 15 is 0 Å². The van der Waals surface area contributed by atoms with E-state index in [1.165, 1.54) is 89.8 Å². The Labute approximate surface area is 195 Å². The van der Waals surface area contributed by atoms with Gasteiger partial charge in [0, 0.05) is 37.7 Å². The second-order valence-corrected chi connectivity index (χ2v) is 11.6. The Morgan fingerprint density at radius 2 is 1.69 bits per heavy atom. The van der Waals surface area contributed by atoms with Crippen LogP contribution in [0.2, 0.25) is 0 Å². The van der Waals surface area contributed by atoms with Gasteiger partial charge in [0.25, 0.3) is 0 Å². The zero-order chi connectivity index (χ0) is 22.7. The number of ketones is 1. The van der Waals surface area contributed by atoms with E-state index in [9.17, 15) is 4.79 Å². The summed E-state index contributed by atoms with van der Waals surface area (Å²) in [6.07, 6.45) is 13.1. The Balaban J connectivity index is 1.11. The topological polar surface area (TPSA) is 41.4 Å². The fraction of sp³-hybridized carbons (Fsp3) is 0.852. The molecule has 180 valence electrons. The van der Waals surface area contributed by atoms with Crippen molar-refractivity contribution >= 4 is 5.78 Å². The monoisotopic (exact) mass is 442 g/mol. The first-order valence-corrected chi connectivity index (χ1v) is 13.4. The van der Waals surface area contributed by atoms with Gasteiger partial charge in [-0.2, -0.15) is 5.10 Å². The Morgan fingerprint density at radius 1 is 1.06 bits per heavy atom. The molecule has 3 fully saturated rings. The number of nitrogens with zero attached hydrogens (tertiary/aromatic N) is 4. The summed E-state index contributed by atoms with van der Waals surface area (Å²) in [5.41, 5.74) is 1.89. The van der Waals surface area contributed by atoms with E-state index in [4.69, 9.17) is 0 Å². The lowest BCUT2D eigenvalue weighted by Crippen LogP contribution is -2.50. The summed E-state index contributed by atoms with van der Waals surface area (Å²) >= 11 is 0. The summed E-state index contributed by atoms with van der Waals surface area (Å²) in [4.78, 5) is 17.6. The van der Waals surface area contributed by atoms with Crippen LogP contribution < -0.4 is 0 Å². The van der Waals surface area contributed by atoms with Gasteiger partial charge in [0.2, 0.25) is 0 Å². The minimum atomic E-state index is 0.211. The molecule has 32 heavy (non-hydrogen) atoms. The minimum absolute atomic E-state index is 0.211. The van der Waals surface area contributed by atoms with E-state index in [-0.39, 0.29) is 5.92 Å². The number of hydrogen-bond acceptors (Lipinski definition) is 4. The molecule has 2 aliphatic heterocycles. The molecule has 1 aromatic heterocycles. The van der Waals surface area contributed by atoms with Crippen LogP contribution >= 0.6 is 0 Å². The number of carbonyl (C=O) groups excluding carboxylic acids is 1. The Kier molecular flexibility index (Phi) is 7.77. The zero-order valence-corrected chi connectivity index (χ0v) is 21.1. The van der Waals surface area contributed by atoms with Crippen LogP contribution in [0.5, 0.6) is 0 Å². The lowest BCUT2D eigenvalue weighted by molar-refractivity contribution is -0.135. The SMILES string of the molecule is CCC(C)c1cnn(CC2CCN(CCN3CCC4(CC3)CC(C(=O)C(C)C)C4)CC2)c1. The zero-order valence-electron chi connectivity index (χ0n) is 21.1. The van der Waals surface area contributed by atoms with E-state index in [2.05, 4.69) is 59.7 Å². The number of likely N-dealkylation sites (tertiary alicyclic amines) is 2. The van der Waals surface area contributed by atoms with Gasteiger partial charge >= 0.3 is 0 Å². The standard InChI is InChI=1S/C27H46N4O/c1-5-22(4)25-18-28-31(20-25)19-23-6-10-29(11-7-23)14-15-30-12-8-27(9-13-30)16-24(17-27)26(32)21(2)3/h18,20-24H,5-17,19H2,1-4H3. The average Bonchev–Trinajstić information content (AvgIpc) is 3.25. The molecule has 1 saturated carbocycles. The van der Waals surface area contributed by atoms with Gasteiger partial charge in [-0.1, -0.05) is 27.7 Å². The molecule has 0 aromatic carbocycles. The highest BCUT2D eigenvalue weighted by atomic mass is 16.1. The van der Waals surface area contributed by atoms with Crippen LogP contribution in [0.15, 0.2) is 12.4 Å². The van der Waals surface area contributed by atoms with Gasteiger partial charge in [-0.3, -0.25) is 9.48 Å². The molecule has 1 spiro atoms. The van der Waals surface area contributed by atoms with Crippen molar-refractivity contribution in [3.8, 4) is 0 Å². The molecule has 2 saturated heterocycles. The molecule has 5 nitrogen and oxygen atoms in total.